The predicted molar refractivity (Wildman–Crippen MR) is 150 cm³/mol. The summed E-state index contributed by atoms with van der Waals surface area (Å²) >= 11 is 0. The maximum atomic E-state index is 14.1. The molecule has 0 N–H and O–H groups in total. The second-order valence-corrected chi connectivity index (χ2v) is 10.4. The van der Waals surface area contributed by atoms with Crippen LogP contribution in [0.4, 0.5) is 5.69 Å². The molecule has 0 saturated carbocycles. The van der Waals surface area contributed by atoms with Crippen LogP contribution in [0.15, 0.2) is 59.5 Å². The van der Waals surface area contributed by atoms with Crippen molar-refractivity contribution in [1.29, 1.82) is 0 Å². The third-order valence-corrected chi connectivity index (χ3v) is 7.93. The molecular formula is C28H34N2O9S. The zero-order chi connectivity index (χ0) is 29.4. The second-order valence-electron chi connectivity index (χ2n) is 8.51. The summed E-state index contributed by atoms with van der Waals surface area (Å²) in [5.74, 6) is 1.80. The molecule has 12 heteroatoms. The summed E-state index contributed by atoms with van der Waals surface area (Å²) in [5.41, 5.74) is 0.895. The summed E-state index contributed by atoms with van der Waals surface area (Å²) in [6, 6.07) is 14.2. The van der Waals surface area contributed by atoms with E-state index >= 15 is 0 Å². The number of anilines is 1. The van der Waals surface area contributed by atoms with Gasteiger partial charge in [0.25, 0.3) is 10.0 Å². The Kier molecular flexibility index (Phi) is 9.94. The first-order valence-corrected chi connectivity index (χ1v) is 13.5. The molecular weight excluding hydrogens is 540 g/mol. The van der Waals surface area contributed by atoms with Gasteiger partial charge in [-0.05, 0) is 42.0 Å². The molecule has 0 saturated heterocycles. The number of methoxy groups -OCH3 is 6. The number of benzene rings is 3. The molecule has 0 spiro atoms. The van der Waals surface area contributed by atoms with E-state index in [1.807, 2.05) is 0 Å². The van der Waals surface area contributed by atoms with Crippen LogP contribution >= 0.6 is 0 Å². The van der Waals surface area contributed by atoms with Crippen molar-refractivity contribution < 1.29 is 41.6 Å². The topological polar surface area (TPSA) is 113 Å². The molecule has 0 bridgehead atoms. The van der Waals surface area contributed by atoms with E-state index in [1.54, 1.807) is 37.4 Å². The van der Waals surface area contributed by atoms with Gasteiger partial charge in [-0.25, -0.2) is 8.42 Å². The van der Waals surface area contributed by atoms with Crippen LogP contribution in [0.5, 0.6) is 34.5 Å². The number of amides is 1. The number of sulfonamides is 1. The fourth-order valence-electron chi connectivity index (χ4n) is 3.98. The van der Waals surface area contributed by atoms with Crippen molar-refractivity contribution in [3.05, 3.63) is 60.2 Å². The Labute approximate surface area is 234 Å². The van der Waals surface area contributed by atoms with Gasteiger partial charge in [0.1, 0.15) is 18.0 Å². The molecule has 0 atom stereocenters. The van der Waals surface area contributed by atoms with Gasteiger partial charge < -0.3 is 33.3 Å². The molecule has 3 aromatic rings. The quantitative estimate of drug-likeness (QED) is 0.302. The number of ether oxygens (including phenoxy) is 6. The zero-order valence-corrected chi connectivity index (χ0v) is 24.4. The minimum Gasteiger partial charge on any atom is -0.497 e. The monoisotopic (exact) mass is 574 g/mol. The van der Waals surface area contributed by atoms with Gasteiger partial charge >= 0.3 is 0 Å². The first-order valence-electron chi connectivity index (χ1n) is 12.0. The lowest BCUT2D eigenvalue weighted by Crippen LogP contribution is -2.41. The molecule has 216 valence electrons. The van der Waals surface area contributed by atoms with E-state index < -0.39 is 22.5 Å². The summed E-state index contributed by atoms with van der Waals surface area (Å²) < 4.78 is 61.1. The third-order valence-electron chi connectivity index (χ3n) is 6.17. The Morgan fingerprint density at radius 3 is 1.80 bits per heavy atom. The van der Waals surface area contributed by atoms with Gasteiger partial charge in [-0.1, -0.05) is 6.07 Å². The van der Waals surface area contributed by atoms with Crippen molar-refractivity contribution >= 4 is 21.6 Å². The van der Waals surface area contributed by atoms with Crippen LogP contribution in [-0.4, -0.2) is 75.5 Å². The predicted octanol–water partition coefficient (Wildman–Crippen LogP) is 3.59. The van der Waals surface area contributed by atoms with E-state index in [4.69, 9.17) is 28.4 Å². The van der Waals surface area contributed by atoms with E-state index in [1.165, 1.54) is 71.8 Å². The van der Waals surface area contributed by atoms with Gasteiger partial charge in [0.2, 0.25) is 5.91 Å². The van der Waals surface area contributed by atoms with Crippen molar-refractivity contribution in [1.82, 2.24) is 4.90 Å². The van der Waals surface area contributed by atoms with Crippen LogP contribution in [-0.2, 0) is 21.4 Å². The molecule has 0 fully saturated rings. The molecule has 11 nitrogen and oxygen atoms in total. The molecule has 0 aliphatic rings. The van der Waals surface area contributed by atoms with E-state index in [0.717, 1.165) is 9.87 Å². The van der Waals surface area contributed by atoms with Crippen molar-refractivity contribution in [2.45, 2.75) is 11.4 Å². The number of hydrogen-bond donors (Lipinski definition) is 0. The van der Waals surface area contributed by atoms with Crippen LogP contribution in [0, 0.1) is 0 Å². The maximum absolute atomic E-state index is 14.1. The lowest BCUT2D eigenvalue weighted by atomic mass is 10.2. The minimum atomic E-state index is -4.31. The molecule has 0 heterocycles. The minimum absolute atomic E-state index is 0.106. The van der Waals surface area contributed by atoms with Gasteiger partial charge in [0.05, 0.1) is 53.2 Å². The van der Waals surface area contributed by atoms with Crippen LogP contribution in [0.3, 0.4) is 0 Å². The normalized spacial score (nSPS) is 10.9. The standard InChI is InChI=1S/C28H34N2O9S/c1-29(17-19-8-11-24(36-4)26(14-19)38-6)28(31)18-30(22-15-20(34-2)9-12-23(22)35-3)40(32,33)21-10-13-25(37-5)27(16-21)39-7/h8-16H,17-18H2,1-7H3. The molecule has 1 amide bonds. The third kappa shape index (κ3) is 6.45. The first kappa shape index (κ1) is 30.2. The molecule has 0 aliphatic carbocycles. The number of hydrogen-bond acceptors (Lipinski definition) is 9. The fourth-order valence-corrected chi connectivity index (χ4v) is 5.41. The number of carbonyl (C=O) groups is 1. The fraction of sp³-hybridized carbons (Fsp3) is 0.321. The Bertz CT molecular complexity index is 1440. The van der Waals surface area contributed by atoms with Crippen molar-refractivity contribution in [3.8, 4) is 34.5 Å². The van der Waals surface area contributed by atoms with Crippen molar-refractivity contribution in [3.63, 3.8) is 0 Å². The lowest BCUT2D eigenvalue weighted by molar-refractivity contribution is -0.128. The van der Waals surface area contributed by atoms with Crippen LogP contribution < -0.4 is 32.7 Å². The molecule has 3 aromatic carbocycles. The summed E-state index contributed by atoms with van der Waals surface area (Å²) in [6.45, 7) is -0.331. The summed E-state index contributed by atoms with van der Waals surface area (Å²) in [7, 11) is 6.06. The summed E-state index contributed by atoms with van der Waals surface area (Å²) in [6.07, 6.45) is 0. The summed E-state index contributed by atoms with van der Waals surface area (Å²) in [4.78, 5) is 14.8. The molecule has 40 heavy (non-hydrogen) atoms. The van der Waals surface area contributed by atoms with Gasteiger partial charge in [0.15, 0.2) is 23.0 Å². The number of rotatable bonds is 13. The lowest BCUT2D eigenvalue weighted by Gasteiger charge is -2.28. The van der Waals surface area contributed by atoms with Crippen LogP contribution in [0.2, 0.25) is 0 Å². The molecule has 0 unspecified atom stereocenters. The Balaban J connectivity index is 2.04. The van der Waals surface area contributed by atoms with Crippen molar-refractivity contribution in [2.75, 3.05) is 60.6 Å². The molecule has 0 radical (unpaired) electrons. The van der Waals surface area contributed by atoms with Gasteiger partial charge in [-0.3, -0.25) is 9.10 Å². The average molecular weight is 575 g/mol. The highest BCUT2D eigenvalue weighted by Crippen LogP contribution is 2.37. The van der Waals surface area contributed by atoms with E-state index in [0.29, 0.717) is 23.0 Å². The maximum Gasteiger partial charge on any atom is 0.265 e. The SMILES string of the molecule is COc1ccc(OC)c(N(CC(=O)N(C)Cc2ccc(OC)c(OC)c2)S(=O)(=O)c2ccc(OC)c(OC)c2)c1. The van der Waals surface area contributed by atoms with Crippen LogP contribution in [0.25, 0.3) is 0 Å². The Hall–Kier alpha value is -4.32. The second kappa shape index (κ2) is 13.2. The molecule has 3 rings (SSSR count). The number of likely N-dealkylation sites (N-methyl/N-ethyl adjacent to an activating group) is 1. The first-order chi connectivity index (χ1) is 19.1. The van der Waals surface area contributed by atoms with Crippen LogP contribution in [0.1, 0.15) is 5.56 Å². The number of nitrogens with zero attached hydrogens (tertiary/aromatic N) is 2. The highest BCUT2D eigenvalue weighted by molar-refractivity contribution is 7.92. The highest BCUT2D eigenvalue weighted by atomic mass is 32.2. The molecule has 0 aliphatic heterocycles. The Morgan fingerprint density at radius 1 is 0.675 bits per heavy atom. The van der Waals surface area contributed by atoms with E-state index in [-0.39, 0.29) is 28.6 Å². The highest BCUT2D eigenvalue weighted by Gasteiger charge is 2.32. The van der Waals surface area contributed by atoms with Gasteiger partial charge in [-0.15, -0.1) is 0 Å². The number of carbonyl (C=O) groups excluding carboxylic acids is 1. The Morgan fingerprint density at radius 2 is 1.23 bits per heavy atom. The largest absolute Gasteiger partial charge is 0.497 e. The average Bonchev–Trinajstić information content (AvgIpc) is 2.98. The van der Waals surface area contributed by atoms with E-state index in [9.17, 15) is 13.2 Å². The van der Waals surface area contributed by atoms with Gasteiger partial charge in [-0.2, -0.15) is 0 Å². The van der Waals surface area contributed by atoms with Crippen molar-refractivity contribution in [2.24, 2.45) is 0 Å². The molecule has 0 aromatic heterocycles. The summed E-state index contributed by atoms with van der Waals surface area (Å²) in [5, 5.41) is 0. The smallest absolute Gasteiger partial charge is 0.265 e. The zero-order valence-electron chi connectivity index (χ0n) is 23.6. The van der Waals surface area contributed by atoms with Gasteiger partial charge in [0, 0.05) is 25.7 Å². The van der Waals surface area contributed by atoms with E-state index in [2.05, 4.69) is 0 Å².